The van der Waals surface area contributed by atoms with Crippen LogP contribution in [0.5, 0.6) is 0 Å². The Labute approximate surface area is 176 Å². The number of carbonyl (C=O) groups excluding carboxylic acids is 1. The van der Waals surface area contributed by atoms with E-state index in [4.69, 9.17) is 23.2 Å². The summed E-state index contributed by atoms with van der Waals surface area (Å²) in [6.07, 6.45) is 5.18. The highest BCUT2D eigenvalue weighted by molar-refractivity contribution is 7.89. The highest BCUT2D eigenvalue weighted by atomic mass is 35.5. The molecule has 0 heterocycles. The number of rotatable bonds is 8. The van der Waals surface area contributed by atoms with Crippen molar-refractivity contribution in [3.05, 3.63) is 64.7 Å². The van der Waals surface area contributed by atoms with Crippen LogP contribution in [0.1, 0.15) is 36.8 Å². The van der Waals surface area contributed by atoms with Gasteiger partial charge in [-0.1, -0.05) is 48.7 Å². The topological polar surface area (TPSA) is 63.2 Å². The van der Waals surface area contributed by atoms with E-state index in [0.717, 1.165) is 43.2 Å². The van der Waals surface area contributed by atoms with Crippen molar-refractivity contribution < 1.29 is 13.2 Å². The molecule has 0 radical (unpaired) electrons. The van der Waals surface area contributed by atoms with Crippen LogP contribution in [0.2, 0.25) is 5.02 Å². The maximum atomic E-state index is 12.6. The van der Waals surface area contributed by atoms with Crippen molar-refractivity contribution in [2.75, 3.05) is 6.54 Å². The third-order valence-corrected chi connectivity index (χ3v) is 7.17. The molecule has 0 amide bonds. The van der Waals surface area contributed by atoms with Gasteiger partial charge in [0.2, 0.25) is 15.3 Å². The van der Waals surface area contributed by atoms with Crippen molar-refractivity contribution in [2.24, 2.45) is 5.41 Å². The Morgan fingerprint density at radius 3 is 2.11 bits per heavy atom. The molecule has 7 heteroatoms. The zero-order valence-electron chi connectivity index (χ0n) is 15.5. The van der Waals surface area contributed by atoms with Crippen LogP contribution >= 0.6 is 23.2 Å². The van der Waals surface area contributed by atoms with Crippen LogP contribution in [0.25, 0.3) is 0 Å². The molecule has 150 valence electrons. The first kappa shape index (κ1) is 21.3. The lowest BCUT2D eigenvalue weighted by molar-refractivity contribution is -0.111. The Hall–Kier alpha value is -1.40. The molecule has 1 saturated carbocycles. The Bertz CT molecular complexity index is 919. The number of nitrogens with one attached hydrogen (secondary N) is 1. The minimum absolute atomic E-state index is 0.0939. The maximum absolute atomic E-state index is 12.6. The zero-order chi connectivity index (χ0) is 20.2. The number of hydrogen-bond donors (Lipinski definition) is 1. The monoisotopic (exact) mass is 439 g/mol. The molecule has 1 aliphatic carbocycles. The van der Waals surface area contributed by atoms with Crippen molar-refractivity contribution in [1.82, 2.24) is 4.72 Å². The van der Waals surface area contributed by atoms with Crippen molar-refractivity contribution in [1.29, 1.82) is 0 Å². The lowest BCUT2D eigenvalue weighted by atomic mass is 9.80. The number of hydrogen-bond acceptors (Lipinski definition) is 3. The maximum Gasteiger partial charge on any atom is 0.240 e. The second-order valence-corrected chi connectivity index (χ2v) is 10.1. The summed E-state index contributed by atoms with van der Waals surface area (Å²) in [4.78, 5) is 11.3. The first-order valence-electron chi connectivity index (χ1n) is 9.29. The van der Waals surface area contributed by atoms with Gasteiger partial charge < -0.3 is 0 Å². The predicted octanol–water partition coefficient (Wildman–Crippen LogP) is 4.73. The Kier molecular flexibility index (Phi) is 6.81. The Morgan fingerprint density at radius 2 is 1.54 bits per heavy atom. The quantitative estimate of drug-likeness (QED) is 0.604. The molecule has 0 aliphatic heterocycles. The van der Waals surface area contributed by atoms with E-state index in [0.29, 0.717) is 11.6 Å². The second-order valence-electron chi connectivity index (χ2n) is 7.51. The molecule has 4 nitrogen and oxygen atoms in total. The molecule has 0 atom stereocenters. The lowest BCUT2D eigenvalue weighted by Gasteiger charge is -2.29. The van der Waals surface area contributed by atoms with E-state index < -0.39 is 10.0 Å². The molecule has 2 aromatic rings. The van der Waals surface area contributed by atoms with Gasteiger partial charge in [-0.3, -0.25) is 4.79 Å². The predicted molar refractivity (Wildman–Crippen MR) is 112 cm³/mol. The van der Waals surface area contributed by atoms with Crippen LogP contribution in [0, 0.1) is 5.41 Å². The number of sulfonamides is 1. The summed E-state index contributed by atoms with van der Waals surface area (Å²) in [5.74, 6) is 0. The van der Waals surface area contributed by atoms with Gasteiger partial charge >= 0.3 is 0 Å². The summed E-state index contributed by atoms with van der Waals surface area (Å²) in [5, 5.41) is 0.127. The van der Waals surface area contributed by atoms with Crippen molar-refractivity contribution in [3.8, 4) is 0 Å². The third kappa shape index (κ3) is 5.57. The summed E-state index contributed by atoms with van der Waals surface area (Å²) < 4.78 is 28.1. The summed E-state index contributed by atoms with van der Waals surface area (Å²) in [6, 6.07) is 14.0. The number of benzene rings is 2. The molecular formula is C21H23Cl2NO3S. The summed E-state index contributed by atoms with van der Waals surface area (Å²) in [5.41, 5.74) is 1.93. The lowest BCUT2D eigenvalue weighted by Crippen LogP contribution is -2.37. The van der Waals surface area contributed by atoms with Gasteiger partial charge in [-0.25, -0.2) is 13.1 Å². The van der Waals surface area contributed by atoms with Crippen LogP contribution in [0.15, 0.2) is 53.4 Å². The van der Waals surface area contributed by atoms with E-state index >= 15 is 0 Å². The van der Waals surface area contributed by atoms with E-state index in [1.165, 1.54) is 12.1 Å². The van der Waals surface area contributed by atoms with Crippen molar-refractivity contribution >= 4 is 38.5 Å². The van der Waals surface area contributed by atoms with Gasteiger partial charge in [0.15, 0.2) is 0 Å². The molecule has 0 unspecified atom stereocenters. The van der Waals surface area contributed by atoms with Crippen LogP contribution in [-0.4, -0.2) is 20.2 Å². The molecular weight excluding hydrogens is 417 g/mol. The minimum Gasteiger partial charge on any atom is -0.281 e. The highest BCUT2D eigenvalue weighted by Gasteiger charge is 2.35. The number of carbonyl (C=O) groups is 1. The van der Waals surface area contributed by atoms with E-state index in [-0.39, 0.29) is 22.0 Å². The van der Waals surface area contributed by atoms with E-state index in [2.05, 4.69) is 4.72 Å². The van der Waals surface area contributed by atoms with Crippen LogP contribution in [0.3, 0.4) is 0 Å². The molecule has 0 aromatic heterocycles. The first-order chi connectivity index (χ1) is 13.3. The largest absolute Gasteiger partial charge is 0.281 e. The SMILES string of the molecule is O=C(Cl)Cc1ccc(CC2(CNS(=O)(=O)c3ccc(Cl)cc3)CCCC2)cc1. The highest BCUT2D eigenvalue weighted by Crippen LogP contribution is 2.40. The zero-order valence-corrected chi connectivity index (χ0v) is 17.8. The Morgan fingerprint density at radius 1 is 0.964 bits per heavy atom. The van der Waals surface area contributed by atoms with Crippen molar-refractivity contribution in [3.63, 3.8) is 0 Å². The normalized spacial score (nSPS) is 16.2. The van der Waals surface area contributed by atoms with Gasteiger partial charge in [-0.05, 0) is 71.7 Å². The van der Waals surface area contributed by atoms with Gasteiger partial charge in [0, 0.05) is 18.0 Å². The van der Waals surface area contributed by atoms with Gasteiger partial charge in [-0.2, -0.15) is 0 Å². The molecule has 0 spiro atoms. The average molecular weight is 440 g/mol. The van der Waals surface area contributed by atoms with Crippen LogP contribution < -0.4 is 4.72 Å². The molecule has 0 bridgehead atoms. The van der Waals surface area contributed by atoms with E-state index in [1.807, 2.05) is 24.3 Å². The summed E-state index contributed by atoms with van der Waals surface area (Å²) in [6.45, 7) is 0.403. The first-order valence-corrected chi connectivity index (χ1v) is 11.5. The molecule has 0 saturated heterocycles. The number of halogens is 2. The second kappa shape index (κ2) is 8.95. The van der Waals surface area contributed by atoms with Gasteiger partial charge in [0.1, 0.15) is 0 Å². The minimum atomic E-state index is -3.58. The molecule has 1 N–H and O–H groups in total. The average Bonchev–Trinajstić information content (AvgIpc) is 3.11. The fourth-order valence-electron chi connectivity index (χ4n) is 3.85. The van der Waals surface area contributed by atoms with E-state index in [9.17, 15) is 13.2 Å². The van der Waals surface area contributed by atoms with Crippen molar-refractivity contribution in [2.45, 2.75) is 43.4 Å². The van der Waals surface area contributed by atoms with Gasteiger partial charge in [-0.15, -0.1) is 0 Å². The van der Waals surface area contributed by atoms with E-state index in [1.54, 1.807) is 12.1 Å². The standard InChI is InChI=1S/C21H23Cl2NO3S/c22-18-7-9-19(10-8-18)28(26,27)24-15-21(11-1-2-12-21)14-17-5-3-16(4-6-17)13-20(23)25/h3-10,24H,1-2,11-15H2. The fraction of sp³-hybridized carbons (Fsp3) is 0.381. The fourth-order valence-corrected chi connectivity index (χ4v) is 5.29. The Balaban J connectivity index is 1.70. The third-order valence-electron chi connectivity index (χ3n) is 5.37. The molecule has 3 rings (SSSR count). The van der Waals surface area contributed by atoms with Crippen LogP contribution in [-0.2, 0) is 27.7 Å². The molecule has 1 fully saturated rings. The van der Waals surface area contributed by atoms with Gasteiger partial charge in [0.25, 0.3) is 0 Å². The van der Waals surface area contributed by atoms with Gasteiger partial charge in [0.05, 0.1) is 4.90 Å². The molecule has 28 heavy (non-hydrogen) atoms. The smallest absolute Gasteiger partial charge is 0.240 e. The van der Waals surface area contributed by atoms with Crippen LogP contribution in [0.4, 0.5) is 0 Å². The molecule has 1 aliphatic rings. The summed E-state index contributed by atoms with van der Waals surface area (Å²) >= 11 is 11.3. The molecule has 2 aromatic carbocycles. The summed E-state index contributed by atoms with van der Waals surface area (Å²) in [7, 11) is -3.58.